The zero-order chi connectivity index (χ0) is 38.8. The molecular weight excluding hydrogens is 747 g/mol. The van der Waals surface area contributed by atoms with Crippen LogP contribution in [0, 0.1) is 5.82 Å². The van der Waals surface area contributed by atoms with E-state index < -0.39 is 69.7 Å². The number of alkyl halides is 6. The topological polar surface area (TPSA) is 129 Å². The summed E-state index contributed by atoms with van der Waals surface area (Å²) in [6.07, 6.45) is -8.32. The predicted octanol–water partition coefficient (Wildman–Crippen LogP) is 7.34. The molecule has 11 nitrogen and oxygen atoms in total. The Kier molecular flexibility index (Phi) is 11.1. The molecule has 0 radical (unpaired) electrons. The average Bonchev–Trinajstić information content (AvgIpc) is 3.59. The number of halogens is 7. The second-order valence-electron chi connectivity index (χ2n) is 13.1. The molecule has 1 fully saturated rings. The van der Waals surface area contributed by atoms with Crippen LogP contribution in [0.3, 0.4) is 0 Å². The first kappa shape index (κ1) is 38.8. The number of nitrogens with zero attached hydrogens (tertiary/aromatic N) is 6. The van der Waals surface area contributed by atoms with Gasteiger partial charge in [0.15, 0.2) is 5.84 Å². The molecule has 0 saturated carbocycles. The molecule has 3 amide bonds. The number of thiophene rings is 1. The Morgan fingerprint density at radius 2 is 1.81 bits per heavy atom. The van der Waals surface area contributed by atoms with Gasteiger partial charge in [0.25, 0.3) is 11.8 Å². The van der Waals surface area contributed by atoms with Crippen LogP contribution in [-0.4, -0.2) is 69.6 Å². The van der Waals surface area contributed by atoms with Gasteiger partial charge in [-0.05, 0) is 66.3 Å². The highest BCUT2D eigenvalue weighted by Gasteiger charge is 2.57. The maximum atomic E-state index is 15.3. The van der Waals surface area contributed by atoms with E-state index in [0.29, 0.717) is 34.7 Å². The number of piperidine rings is 1. The number of benzene rings is 1. The van der Waals surface area contributed by atoms with Crippen molar-refractivity contribution in [3.63, 3.8) is 0 Å². The Bertz CT molecular complexity index is 1970. The van der Waals surface area contributed by atoms with Crippen LogP contribution in [-0.2, 0) is 28.4 Å². The minimum Gasteiger partial charge on any atom is -0.474 e. The van der Waals surface area contributed by atoms with E-state index in [-0.39, 0.29) is 63.9 Å². The minimum absolute atomic E-state index is 0.0177. The molecule has 3 atom stereocenters. The Morgan fingerprint density at radius 3 is 2.48 bits per heavy atom. The van der Waals surface area contributed by atoms with Gasteiger partial charge in [-0.2, -0.15) is 26.3 Å². The van der Waals surface area contributed by atoms with Gasteiger partial charge in [-0.25, -0.2) is 4.39 Å². The van der Waals surface area contributed by atoms with Gasteiger partial charge in [-0.1, -0.05) is 19.4 Å². The second kappa shape index (κ2) is 15.4. The lowest BCUT2D eigenvalue weighted by Crippen LogP contribution is -2.68. The quantitative estimate of drug-likeness (QED) is 0.204. The number of likely N-dealkylation sites (tertiary alicyclic amines) is 1. The molecule has 19 heteroatoms. The number of nitrogens with one attached hydrogen (secondary N) is 1. The number of hydrogen-bond acceptors (Lipinski definition) is 9. The van der Waals surface area contributed by atoms with Gasteiger partial charge in [-0.15, -0.1) is 21.6 Å². The Hall–Kier alpha value is -4.94. The van der Waals surface area contributed by atoms with Crippen molar-refractivity contribution in [3.8, 4) is 5.75 Å². The molecule has 54 heavy (non-hydrogen) atoms. The normalized spacial score (nSPS) is 21.2. The fourth-order valence-corrected chi connectivity index (χ4v) is 7.94. The fourth-order valence-electron chi connectivity index (χ4n) is 7.27. The molecule has 1 N–H and O–H groups in total. The van der Waals surface area contributed by atoms with Gasteiger partial charge in [0.05, 0.1) is 24.2 Å². The summed E-state index contributed by atoms with van der Waals surface area (Å²) < 4.78 is 104. The molecule has 1 unspecified atom stereocenters. The summed E-state index contributed by atoms with van der Waals surface area (Å²) in [6, 6.07) is 4.42. The maximum absolute atomic E-state index is 15.3. The van der Waals surface area contributed by atoms with Crippen LogP contribution in [0.5, 0.6) is 5.75 Å². The largest absolute Gasteiger partial charge is 0.474 e. The van der Waals surface area contributed by atoms with Gasteiger partial charge in [-0.3, -0.25) is 19.4 Å². The highest BCUT2D eigenvalue weighted by Crippen LogP contribution is 2.45. The zero-order valence-corrected chi connectivity index (χ0v) is 29.5. The summed E-state index contributed by atoms with van der Waals surface area (Å²) in [5, 5.41) is 14.4. The van der Waals surface area contributed by atoms with Crippen molar-refractivity contribution in [2.75, 3.05) is 19.6 Å². The summed E-state index contributed by atoms with van der Waals surface area (Å²) in [4.78, 5) is 47.7. The SMILES string of the molecule is CCC[C@H]1N(C(=O)c2ncccc2C(F)(F)F)CCC[C@@]1(Oc1csc(C(F)(F)F)c1)C(=O)N1CCc2cc(F)ccc2C1CCC(=O)NCC1=NN=N1. The van der Waals surface area contributed by atoms with Crippen molar-refractivity contribution in [2.45, 2.75) is 81.9 Å². The standard InChI is InChI=1S/C35H34F7N7O4S/c1-2-5-26-33(53-22-17-27(54-19-22)35(40,41)42,12-4-14-49(26)31(51)30-24(34(37,38)39)6-3-13-43-30)32(52)48-15-11-20-16-21(36)7-8-23(20)25(48)9-10-29(50)44-18-28-45-47-46-28/h3,6-8,13,16-17,19,25-26H,2,4-5,9-12,14-15,18H2,1H3,(H,44,50)/t25?,26-,33+/m1/s1. The van der Waals surface area contributed by atoms with Crippen LogP contribution < -0.4 is 10.1 Å². The van der Waals surface area contributed by atoms with Crippen LogP contribution >= 0.6 is 11.3 Å². The number of amidine groups is 1. The lowest BCUT2D eigenvalue weighted by Gasteiger charge is -2.51. The third kappa shape index (κ3) is 7.95. The molecule has 1 saturated heterocycles. The molecule has 3 aliphatic rings. The zero-order valence-electron chi connectivity index (χ0n) is 28.7. The summed E-state index contributed by atoms with van der Waals surface area (Å²) in [7, 11) is 0. The fraction of sp³-hybridized carbons (Fsp3) is 0.457. The van der Waals surface area contributed by atoms with Crippen LogP contribution in [0.4, 0.5) is 30.7 Å². The van der Waals surface area contributed by atoms with E-state index in [4.69, 9.17) is 4.74 Å². The Balaban J connectivity index is 1.42. The smallest absolute Gasteiger partial charge is 0.425 e. The number of carbonyl (C=O) groups is 3. The van der Waals surface area contributed by atoms with Gasteiger partial charge in [0.1, 0.15) is 22.1 Å². The van der Waals surface area contributed by atoms with Crippen molar-refractivity contribution in [1.29, 1.82) is 0 Å². The number of rotatable bonds is 11. The van der Waals surface area contributed by atoms with E-state index in [2.05, 4.69) is 25.7 Å². The molecular formula is C35H34F7N7O4S. The van der Waals surface area contributed by atoms with Gasteiger partial charge in [0.2, 0.25) is 11.5 Å². The summed E-state index contributed by atoms with van der Waals surface area (Å²) >= 11 is 0.339. The van der Waals surface area contributed by atoms with E-state index in [1.165, 1.54) is 23.1 Å². The first-order chi connectivity index (χ1) is 25.6. The number of ether oxygens (including phenoxy) is 1. The molecule has 1 aromatic carbocycles. The maximum Gasteiger partial charge on any atom is 0.425 e. The third-order valence-corrected chi connectivity index (χ3v) is 10.6. The van der Waals surface area contributed by atoms with E-state index in [0.717, 1.165) is 34.7 Å². The Labute approximate surface area is 308 Å². The third-order valence-electron chi connectivity index (χ3n) is 9.65. The van der Waals surface area contributed by atoms with Crippen molar-refractivity contribution in [3.05, 3.63) is 81.1 Å². The molecule has 2 aromatic heterocycles. The summed E-state index contributed by atoms with van der Waals surface area (Å²) in [5.74, 6) is -2.79. The van der Waals surface area contributed by atoms with Crippen LogP contribution in [0.1, 0.15) is 83.5 Å². The van der Waals surface area contributed by atoms with Crippen molar-refractivity contribution in [2.24, 2.45) is 15.4 Å². The second-order valence-corrected chi connectivity index (χ2v) is 14.0. The lowest BCUT2D eigenvalue weighted by atomic mass is 9.78. The number of aromatic nitrogens is 1. The minimum atomic E-state index is -4.95. The highest BCUT2D eigenvalue weighted by molar-refractivity contribution is 7.10. The van der Waals surface area contributed by atoms with Crippen LogP contribution in [0.2, 0.25) is 0 Å². The van der Waals surface area contributed by atoms with E-state index in [1.807, 2.05) is 0 Å². The predicted molar refractivity (Wildman–Crippen MR) is 180 cm³/mol. The van der Waals surface area contributed by atoms with E-state index >= 15 is 4.79 Å². The monoisotopic (exact) mass is 781 g/mol. The molecule has 0 aliphatic carbocycles. The Morgan fingerprint density at radius 1 is 1.04 bits per heavy atom. The van der Waals surface area contributed by atoms with Crippen molar-refractivity contribution in [1.82, 2.24) is 20.1 Å². The number of fused-ring (bicyclic) bond motifs is 1. The van der Waals surface area contributed by atoms with Crippen molar-refractivity contribution >= 4 is 34.9 Å². The summed E-state index contributed by atoms with van der Waals surface area (Å²) in [5.41, 5.74) is -3.16. The first-order valence-corrected chi connectivity index (χ1v) is 18.0. The molecule has 5 heterocycles. The highest BCUT2D eigenvalue weighted by atomic mass is 32.1. The lowest BCUT2D eigenvalue weighted by molar-refractivity contribution is -0.163. The number of hydrogen-bond donors (Lipinski definition) is 1. The van der Waals surface area contributed by atoms with Gasteiger partial charge in [0, 0.05) is 43.6 Å². The van der Waals surface area contributed by atoms with Gasteiger partial charge >= 0.3 is 12.4 Å². The van der Waals surface area contributed by atoms with Crippen molar-refractivity contribution < 1.29 is 49.9 Å². The van der Waals surface area contributed by atoms with Gasteiger partial charge < -0.3 is 19.9 Å². The molecule has 3 aliphatic heterocycles. The molecule has 288 valence electrons. The average molecular weight is 782 g/mol. The molecule has 0 bridgehead atoms. The van der Waals surface area contributed by atoms with E-state index in [9.17, 15) is 40.3 Å². The number of amides is 3. The first-order valence-electron chi connectivity index (χ1n) is 17.1. The van der Waals surface area contributed by atoms with Crippen LogP contribution in [0.25, 0.3) is 0 Å². The molecule has 6 rings (SSSR count). The molecule has 3 aromatic rings. The number of pyridine rings is 1. The number of carbonyl (C=O) groups excluding carboxylic acids is 3. The molecule has 0 spiro atoms. The summed E-state index contributed by atoms with van der Waals surface area (Å²) in [6.45, 7) is 1.63. The van der Waals surface area contributed by atoms with Crippen LogP contribution in [0.15, 0.2) is 63.4 Å². The van der Waals surface area contributed by atoms with E-state index in [1.54, 1.807) is 6.92 Å².